The molecule has 0 saturated carbocycles. The largest absolute Gasteiger partial charge is 0.345 e. The molecule has 0 radical (unpaired) electrons. The average molecular weight is 317 g/mol. The molecule has 5 heteroatoms. The Bertz CT molecular complexity index is 543. The summed E-state index contributed by atoms with van der Waals surface area (Å²) in [6.07, 6.45) is 4.36. The highest BCUT2D eigenvalue weighted by molar-refractivity contribution is 14.1. The molecule has 0 fully saturated rings. The Morgan fingerprint density at radius 3 is 3.07 bits per heavy atom. The number of pyridine rings is 1. The number of nitrogens with zero attached hydrogens (tertiary/aromatic N) is 2. The number of rotatable bonds is 2. The number of H-pyrrole nitrogens is 1. The predicted molar refractivity (Wildman–Crippen MR) is 68.1 cm³/mol. The van der Waals surface area contributed by atoms with E-state index in [9.17, 15) is 4.79 Å². The van der Waals surface area contributed by atoms with Crippen molar-refractivity contribution in [2.75, 3.05) is 0 Å². The Morgan fingerprint density at radius 1 is 1.67 bits per heavy atom. The summed E-state index contributed by atoms with van der Waals surface area (Å²) in [4.78, 5) is 14.9. The summed E-state index contributed by atoms with van der Waals surface area (Å²) in [7, 11) is 0. The normalized spacial score (nSPS) is 13.3. The summed E-state index contributed by atoms with van der Waals surface area (Å²) < 4.78 is 2.57. The zero-order chi connectivity index (χ0) is 11.0. The Morgan fingerprint density at radius 2 is 2.40 bits per heavy atom. The van der Waals surface area contributed by atoms with Crippen molar-refractivity contribution in [2.24, 2.45) is 0 Å². The highest BCUT2D eigenvalue weighted by atomic mass is 127. The molecule has 2 heterocycles. The molecular formula is C10H12IN3O. The molecule has 2 aromatic rings. The molecule has 0 aromatic carbocycles. The molecule has 0 aliphatic rings. The van der Waals surface area contributed by atoms with E-state index in [0.717, 1.165) is 12.1 Å². The van der Waals surface area contributed by atoms with Crippen LogP contribution in [0.15, 0.2) is 17.2 Å². The third kappa shape index (κ3) is 1.68. The van der Waals surface area contributed by atoms with Gasteiger partial charge in [-0.25, -0.2) is 4.68 Å². The summed E-state index contributed by atoms with van der Waals surface area (Å²) in [6, 6.07) is 0.304. The first-order chi connectivity index (χ1) is 7.15. The fraction of sp³-hybridized carbons (Fsp3) is 0.400. The quantitative estimate of drug-likeness (QED) is 0.864. The van der Waals surface area contributed by atoms with E-state index < -0.39 is 0 Å². The lowest BCUT2D eigenvalue weighted by Gasteiger charge is -2.09. The molecule has 1 atom stereocenters. The van der Waals surface area contributed by atoms with Crippen LogP contribution in [0.1, 0.15) is 26.3 Å². The second-order valence-corrected chi connectivity index (χ2v) is 4.74. The molecular weight excluding hydrogens is 305 g/mol. The van der Waals surface area contributed by atoms with Crippen molar-refractivity contribution in [1.82, 2.24) is 14.8 Å². The lowest BCUT2D eigenvalue weighted by Crippen LogP contribution is -2.09. The van der Waals surface area contributed by atoms with E-state index in [-0.39, 0.29) is 5.43 Å². The van der Waals surface area contributed by atoms with Gasteiger partial charge in [0.1, 0.15) is 5.65 Å². The molecule has 80 valence electrons. The van der Waals surface area contributed by atoms with Crippen LogP contribution in [0.5, 0.6) is 0 Å². The minimum absolute atomic E-state index is 0.0545. The van der Waals surface area contributed by atoms with E-state index in [1.54, 1.807) is 12.4 Å². The fourth-order valence-corrected chi connectivity index (χ4v) is 1.95. The van der Waals surface area contributed by atoms with Gasteiger partial charge in [0.05, 0.1) is 21.2 Å². The van der Waals surface area contributed by atoms with Crippen molar-refractivity contribution in [1.29, 1.82) is 0 Å². The number of hydrogen-bond donors (Lipinski definition) is 1. The average Bonchev–Trinajstić information content (AvgIpc) is 2.66. The minimum atomic E-state index is 0.0545. The van der Waals surface area contributed by atoms with Crippen molar-refractivity contribution < 1.29 is 0 Å². The molecule has 0 saturated heterocycles. The smallest absolute Gasteiger partial charge is 0.205 e. The number of nitrogens with one attached hydrogen (secondary N) is 1. The van der Waals surface area contributed by atoms with Gasteiger partial charge in [-0.2, -0.15) is 5.10 Å². The van der Waals surface area contributed by atoms with E-state index in [0.29, 0.717) is 15.0 Å². The maximum atomic E-state index is 11.8. The minimum Gasteiger partial charge on any atom is -0.345 e. The number of halogens is 1. The number of fused-ring (bicyclic) bond motifs is 1. The Hall–Kier alpha value is -0.850. The molecule has 2 aromatic heterocycles. The van der Waals surface area contributed by atoms with Gasteiger partial charge in [-0.15, -0.1) is 0 Å². The Balaban J connectivity index is 2.72. The lowest BCUT2D eigenvalue weighted by molar-refractivity contribution is 0.490. The van der Waals surface area contributed by atoms with Crippen molar-refractivity contribution in [3.8, 4) is 0 Å². The van der Waals surface area contributed by atoms with Gasteiger partial charge in [0.2, 0.25) is 5.43 Å². The van der Waals surface area contributed by atoms with Crippen LogP contribution in [0.3, 0.4) is 0 Å². The van der Waals surface area contributed by atoms with E-state index in [1.807, 2.05) is 27.3 Å². The molecule has 0 amide bonds. The van der Waals surface area contributed by atoms with Crippen LogP contribution < -0.4 is 5.43 Å². The molecule has 0 aliphatic carbocycles. The van der Waals surface area contributed by atoms with E-state index in [4.69, 9.17) is 0 Å². The van der Waals surface area contributed by atoms with Gasteiger partial charge in [-0.1, -0.05) is 6.92 Å². The second-order valence-electron chi connectivity index (χ2n) is 3.57. The van der Waals surface area contributed by atoms with Crippen LogP contribution in [-0.4, -0.2) is 14.8 Å². The number of hydrogen-bond acceptors (Lipinski definition) is 2. The van der Waals surface area contributed by atoms with Crippen LogP contribution in [0.25, 0.3) is 11.0 Å². The van der Waals surface area contributed by atoms with E-state index in [1.165, 1.54) is 0 Å². The van der Waals surface area contributed by atoms with Gasteiger partial charge in [0.15, 0.2) is 0 Å². The molecule has 0 bridgehead atoms. The Labute approximate surface area is 101 Å². The van der Waals surface area contributed by atoms with Crippen LogP contribution in [0.4, 0.5) is 0 Å². The molecule has 15 heavy (non-hydrogen) atoms. The van der Waals surface area contributed by atoms with Crippen molar-refractivity contribution >= 4 is 33.6 Å². The first-order valence-corrected chi connectivity index (χ1v) is 5.97. The lowest BCUT2D eigenvalue weighted by atomic mass is 10.2. The zero-order valence-electron chi connectivity index (χ0n) is 8.62. The third-order valence-corrected chi connectivity index (χ3v) is 3.40. The van der Waals surface area contributed by atoms with Crippen molar-refractivity contribution in [3.63, 3.8) is 0 Å². The molecule has 0 aliphatic heterocycles. The van der Waals surface area contributed by atoms with Crippen LogP contribution >= 0.6 is 22.6 Å². The maximum Gasteiger partial charge on any atom is 0.205 e. The van der Waals surface area contributed by atoms with Gasteiger partial charge in [0.25, 0.3) is 0 Å². The Kier molecular flexibility index (Phi) is 2.81. The second kappa shape index (κ2) is 3.96. The number of aromatic amines is 1. The first kappa shape index (κ1) is 10.7. The van der Waals surface area contributed by atoms with E-state index >= 15 is 0 Å². The van der Waals surface area contributed by atoms with Crippen LogP contribution in [0.2, 0.25) is 0 Å². The molecule has 1 N–H and O–H groups in total. The zero-order valence-corrected chi connectivity index (χ0v) is 10.8. The maximum absolute atomic E-state index is 11.8. The predicted octanol–water partition coefficient (Wildman–Crippen LogP) is 2.30. The summed E-state index contributed by atoms with van der Waals surface area (Å²) in [5, 5.41) is 4.92. The van der Waals surface area contributed by atoms with Gasteiger partial charge in [0, 0.05) is 6.20 Å². The van der Waals surface area contributed by atoms with Crippen LogP contribution in [0, 0.1) is 3.57 Å². The van der Waals surface area contributed by atoms with Gasteiger partial charge in [-0.3, -0.25) is 4.79 Å². The number of aromatic nitrogens is 3. The topological polar surface area (TPSA) is 50.7 Å². The fourth-order valence-electron chi connectivity index (χ4n) is 1.51. The standard InChI is InChI=1S/C10H12IN3O/c1-3-6(2)14-10-7(4-13-14)9(15)8(11)5-12-10/h4-6H,3H2,1-2H3,(H,12,15). The monoisotopic (exact) mass is 317 g/mol. The summed E-state index contributed by atoms with van der Waals surface area (Å²) in [6.45, 7) is 4.19. The highest BCUT2D eigenvalue weighted by Gasteiger charge is 2.11. The van der Waals surface area contributed by atoms with Crippen LogP contribution in [-0.2, 0) is 0 Å². The van der Waals surface area contributed by atoms with Gasteiger partial charge in [-0.05, 0) is 35.9 Å². The van der Waals surface area contributed by atoms with Crippen molar-refractivity contribution in [2.45, 2.75) is 26.3 Å². The molecule has 2 rings (SSSR count). The summed E-state index contributed by atoms with van der Waals surface area (Å²) in [5.41, 5.74) is 0.869. The molecule has 1 unspecified atom stereocenters. The first-order valence-electron chi connectivity index (χ1n) is 4.89. The highest BCUT2D eigenvalue weighted by Crippen LogP contribution is 2.15. The SMILES string of the molecule is CCC(C)n1ncc2c(=O)c(I)c[nH]c21. The summed E-state index contributed by atoms with van der Waals surface area (Å²) >= 11 is 2.03. The molecule has 4 nitrogen and oxygen atoms in total. The molecule has 0 spiro atoms. The van der Waals surface area contributed by atoms with E-state index in [2.05, 4.69) is 23.9 Å². The summed E-state index contributed by atoms with van der Waals surface area (Å²) in [5.74, 6) is 0. The third-order valence-electron chi connectivity index (χ3n) is 2.60. The van der Waals surface area contributed by atoms with Gasteiger partial charge < -0.3 is 4.98 Å². The van der Waals surface area contributed by atoms with Gasteiger partial charge >= 0.3 is 0 Å². The van der Waals surface area contributed by atoms with Crippen molar-refractivity contribution in [3.05, 3.63) is 26.2 Å².